The van der Waals surface area contributed by atoms with Crippen LogP contribution < -0.4 is 4.74 Å². The van der Waals surface area contributed by atoms with E-state index in [4.69, 9.17) is 9.84 Å². The van der Waals surface area contributed by atoms with Crippen LogP contribution in [-0.2, 0) is 6.54 Å². The van der Waals surface area contributed by atoms with Gasteiger partial charge in [0.2, 0.25) is 0 Å². The molecule has 4 rings (SSSR count). The summed E-state index contributed by atoms with van der Waals surface area (Å²) in [5.74, 6) is 0.706. The molecule has 28 heavy (non-hydrogen) atoms. The second-order valence-corrected chi connectivity index (χ2v) is 7.62. The molecular weight excluding hydrogens is 376 g/mol. The largest absolute Gasteiger partial charge is 0.496 e. The van der Waals surface area contributed by atoms with Crippen molar-refractivity contribution in [3.05, 3.63) is 40.4 Å². The van der Waals surface area contributed by atoms with E-state index in [9.17, 15) is 10.1 Å². The summed E-state index contributed by atoms with van der Waals surface area (Å²) in [7, 11) is 1.61. The molecule has 1 aliphatic heterocycles. The molecule has 0 atom stereocenters. The van der Waals surface area contributed by atoms with Crippen molar-refractivity contribution < 1.29 is 9.66 Å². The van der Waals surface area contributed by atoms with Crippen LogP contribution >= 0.6 is 11.8 Å². The lowest BCUT2D eigenvalue weighted by Crippen LogP contribution is -2.27. The van der Waals surface area contributed by atoms with Crippen LogP contribution in [-0.4, -0.2) is 46.3 Å². The molecule has 0 fully saturated rings. The fraction of sp³-hybridized carbons (Fsp3) is 0.350. The average Bonchev–Trinajstić information content (AvgIpc) is 3.08. The molecule has 1 aromatic heterocycles. The quantitative estimate of drug-likeness (QED) is 0.339. The maximum Gasteiger partial charge on any atom is 0.284 e. The van der Waals surface area contributed by atoms with E-state index in [2.05, 4.69) is 18.7 Å². The number of rotatable bonds is 7. The summed E-state index contributed by atoms with van der Waals surface area (Å²) in [6, 6.07) is 9.22. The Balaban J connectivity index is 1.91. The van der Waals surface area contributed by atoms with Crippen molar-refractivity contribution in [3.63, 3.8) is 0 Å². The second kappa shape index (κ2) is 7.44. The number of fused-ring (bicyclic) bond motifs is 2. The number of nitro benzene ring substituents is 1. The van der Waals surface area contributed by atoms with Gasteiger partial charge in [0.25, 0.3) is 5.69 Å². The normalized spacial score (nSPS) is 12.4. The second-order valence-electron chi connectivity index (χ2n) is 6.60. The predicted molar refractivity (Wildman–Crippen MR) is 110 cm³/mol. The summed E-state index contributed by atoms with van der Waals surface area (Å²) < 4.78 is 7.48. The third-order valence-electron chi connectivity index (χ3n) is 5.23. The minimum atomic E-state index is -0.320. The fourth-order valence-corrected chi connectivity index (χ4v) is 4.96. The van der Waals surface area contributed by atoms with E-state index in [0.29, 0.717) is 10.6 Å². The minimum Gasteiger partial charge on any atom is -0.496 e. The number of hydrogen-bond acceptors (Lipinski definition) is 6. The Hall–Kier alpha value is -2.58. The molecular formula is C20H22N4O3S. The molecule has 0 bridgehead atoms. The van der Waals surface area contributed by atoms with Crippen molar-refractivity contribution in [1.82, 2.24) is 14.7 Å². The Morgan fingerprint density at radius 1 is 1.21 bits per heavy atom. The Morgan fingerprint density at radius 3 is 2.68 bits per heavy atom. The Morgan fingerprint density at radius 2 is 2.00 bits per heavy atom. The van der Waals surface area contributed by atoms with Gasteiger partial charge in [-0.2, -0.15) is 5.10 Å². The fourth-order valence-electron chi connectivity index (χ4n) is 3.68. The van der Waals surface area contributed by atoms with Gasteiger partial charge in [-0.25, -0.2) is 0 Å². The number of nitrogens with zero attached hydrogens (tertiary/aromatic N) is 4. The van der Waals surface area contributed by atoms with Gasteiger partial charge < -0.3 is 9.64 Å². The van der Waals surface area contributed by atoms with E-state index < -0.39 is 0 Å². The Bertz CT molecular complexity index is 1060. The van der Waals surface area contributed by atoms with Gasteiger partial charge in [0.15, 0.2) is 0 Å². The van der Waals surface area contributed by atoms with Crippen molar-refractivity contribution >= 4 is 28.4 Å². The van der Waals surface area contributed by atoms with Gasteiger partial charge in [0.1, 0.15) is 16.3 Å². The molecule has 0 unspecified atom stereocenters. The molecule has 3 aromatic rings. The Kier molecular flexibility index (Phi) is 4.99. The number of methoxy groups -OCH3 is 1. The van der Waals surface area contributed by atoms with Crippen molar-refractivity contribution in [1.29, 1.82) is 0 Å². The number of nitro groups is 1. The number of hydrogen-bond donors (Lipinski definition) is 0. The highest BCUT2D eigenvalue weighted by atomic mass is 32.2. The van der Waals surface area contributed by atoms with Crippen LogP contribution in [0.4, 0.5) is 5.69 Å². The third kappa shape index (κ3) is 2.93. The lowest BCUT2D eigenvalue weighted by molar-refractivity contribution is -0.387. The molecule has 0 spiro atoms. The topological polar surface area (TPSA) is 73.4 Å². The van der Waals surface area contributed by atoms with Crippen molar-refractivity contribution in [2.45, 2.75) is 30.2 Å². The van der Waals surface area contributed by atoms with Gasteiger partial charge >= 0.3 is 0 Å². The van der Waals surface area contributed by atoms with E-state index in [-0.39, 0.29) is 10.6 Å². The van der Waals surface area contributed by atoms with Crippen LogP contribution in [0.25, 0.3) is 22.2 Å². The van der Waals surface area contributed by atoms with E-state index in [1.165, 1.54) is 11.8 Å². The molecule has 7 nitrogen and oxygen atoms in total. The van der Waals surface area contributed by atoms with E-state index in [1.807, 2.05) is 28.9 Å². The molecule has 0 saturated carbocycles. The smallest absolute Gasteiger partial charge is 0.284 e. The summed E-state index contributed by atoms with van der Waals surface area (Å²) in [5, 5.41) is 17.4. The SMILES string of the molecule is CCN(CC)CCn1nc2c3c(c([N+](=O)[O-])ccc31)Sc1c(OC)cccc1-2. The molecule has 8 heteroatoms. The zero-order chi connectivity index (χ0) is 19.8. The minimum absolute atomic E-state index is 0.110. The van der Waals surface area contributed by atoms with Gasteiger partial charge in [0.05, 0.1) is 29.0 Å². The molecule has 0 N–H and O–H groups in total. The van der Waals surface area contributed by atoms with Crippen molar-refractivity contribution in [2.24, 2.45) is 0 Å². The number of ether oxygens (including phenoxy) is 1. The van der Waals surface area contributed by atoms with Crippen LogP contribution in [0.5, 0.6) is 5.75 Å². The summed E-state index contributed by atoms with van der Waals surface area (Å²) >= 11 is 1.40. The molecule has 0 aliphatic carbocycles. The zero-order valence-electron chi connectivity index (χ0n) is 16.1. The van der Waals surface area contributed by atoms with E-state index in [1.54, 1.807) is 13.2 Å². The average molecular weight is 398 g/mol. The predicted octanol–water partition coefficient (Wildman–Crippen LogP) is 4.43. The molecule has 2 heterocycles. The number of likely N-dealkylation sites (N-methyl/N-ethyl adjacent to an activating group) is 1. The molecule has 2 aromatic carbocycles. The van der Waals surface area contributed by atoms with Crippen LogP contribution in [0.15, 0.2) is 40.1 Å². The summed E-state index contributed by atoms with van der Waals surface area (Å²) in [6.07, 6.45) is 0. The summed E-state index contributed by atoms with van der Waals surface area (Å²) in [6.45, 7) is 7.87. The van der Waals surface area contributed by atoms with Crippen molar-refractivity contribution in [3.8, 4) is 17.0 Å². The number of benzene rings is 2. The number of aromatic nitrogens is 2. The first-order valence-electron chi connectivity index (χ1n) is 9.34. The molecule has 146 valence electrons. The first kappa shape index (κ1) is 18.8. The van der Waals surface area contributed by atoms with Crippen LogP contribution in [0.1, 0.15) is 13.8 Å². The van der Waals surface area contributed by atoms with Gasteiger partial charge in [0, 0.05) is 23.6 Å². The monoisotopic (exact) mass is 398 g/mol. The highest BCUT2D eigenvalue weighted by molar-refractivity contribution is 8.00. The van der Waals surface area contributed by atoms with E-state index >= 15 is 0 Å². The molecule has 0 amide bonds. The first-order chi connectivity index (χ1) is 13.6. The Labute approximate surface area is 167 Å². The molecule has 0 radical (unpaired) electrons. The maximum atomic E-state index is 11.7. The first-order valence-corrected chi connectivity index (χ1v) is 10.2. The standard InChI is InChI=1S/C20H22N4O3S/c1-4-22(5-2)11-12-23-14-9-10-15(24(25)26)20-17(14)18(21-23)13-7-6-8-16(27-3)19(13)28-20/h6-10H,4-5,11-12H2,1-3H3. The van der Waals surface area contributed by atoms with Gasteiger partial charge in [-0.15, -0.1) is 0 Å². The van der Waals surface area contributed by atoms with Gasteiger partial charge in [-0.3, -0.25) is 14.8 Å². The highest BCUT2D eigenvalue weighted by Gasteiger charge is 2.31. The molecule has 1 aliphatic rings. The van der Waals surface area contributed by atoms with Gasteiger partial charge in [-0.1, -0.05) is 37.7 Å². The lowest BCUT2D eigenvalue weighted by Gasteiger charge is -2.18. The summed E-state index contributed by atoms with van der Waals surface area (Å²) in [4.78, 5) is 15.2. The van der Waals surface area contributed by atoms with Crippen LogP contribution in [0.2, 0.25) is 0 Å². The summed E-state index contributed by atoms with van der Waals surface area (Å²) in [5.41, 5.74) is 2.80. The zero-order valence-corrected chi connectivity index (χ0v) is 17.0. The van der Waals surface area contributed by atoms with Crippen molar-refractivity contribution in [2.75, 3.05) is 26.7 Å². The lowest BCUT2D eigenvalue weighted by atomic mass is 10.1. The van der Waals surface area contributed by atoms with Crippen LogP contribution in [0.3, 0.4) is 0 Å². The maximum absolute atomic E-state index is 11.7. The third-order valence-corrected chi connectivity index (χ3v) is 6.47. The highest BCUT2D eigenvalue weighted by Crippen LogP contribution is 2.53. The molecule has 0 saturated heterocycles. The van der Waals surface area contributed by atoms with E-state index in [0.717, 1.165) is 53.2 Å². The van der Waals surface area contributed by atoms with Crippen LogP contribution in [0, 0.1) is 10.1 Å². The van der Waals surface area contributed by atoms with Gasteiger partial charge in [-0.05, 0) is 25.2 Å².